The summed E-state index contributed by atoms with van der Waals surface area (Å²) in [5, 5.41) is 14.3. The molecule has 8 nitrogen and oxygen atoms in total. The molecule has 0 amide bonds. The second-order valence-electron chi connectivity index (χ2n) is 13.8. The summed E-state index contributed by atoms with van der Waals surface area (Å²) >= 11 is 0. The molecule has 0 aliphatic carbocycles. The van der Waals surface area contributed by atoms with Gasteiger partial charge in [0.05, 0.1) is 0 Å². The van der Waals surface area contributed by atoms with Gasteiger partial charge in [-0.3, -0.25) is 0 Å². The van der Waals surface area contributed by atoms with Crippen LogP contribution in [-0.2, 0) is 16.5 Å². The number of nitrogens with one attached hydrogen (secondary N) is 4. The van der Waals surface area contributed by atoms with E-state index in [-0.39, 0.29) is 0 Å². The predicted molar refractivity (Wildman–Crippen MR) is 181 cm³/mol. The summed E-state index contributed by atoms with van der Waals surface area (Å²) in [7, 11) is -10.2. The minimum Gasteiger partial charge on any atom is -0.416 e. The molecular weight excluding hydrogens is 569 g/mol. The Labute approximate surface area is 253 Å². The van der Waals surface area contributed by atoms with Crippen LogP contribution in [0.25, 0.3) is 0 Å². The van der Waals surface area contributed by atoms with Gasteiger partial charge >= 0.3 is 34.2 Å². The van der Waals surface area contributed by atoms with E-state index in [0.717, 1.165) is 76.0 Å². The van der Waals surface area contributed by atoms with Gasteiger partial charge in [0.1, 0.15) is 0 Å². The van der Waals surface area contributed by atoms with Crippen LogP contribution in [0.15, 0.2) is 0 Å². The zero-order chi connectivity index (χ0) is 30.5. The summed E-state index contributed by atoms with van der Waals surface area (Å²) in [6.07, 6.45) is 4.20. The summed E-state index contributed by atoms with van der Waals surface area (Å²) in [6.45, 7) is 30.7. The summed E-state index contributed by atoms with van der Waals surface area (Å²) in [6, 6.07) is 5.81. The van der Waals surface area contributed by atoms with Crippen LogP contribution in [-0.4, -0.2) is 84.6 Å². The van der Waals surface area contributed by atoms with E-state index in [1.807, 2.05) is 0 Å². The molecule has 0 bridgehead atoms. The van der Waals surface area contributed by atoms with Gasteiger partial charge in [-0.15, -0.1) is 0 Å². The number of hydrogen-bond acceptors (Lipinski definition) is 8. The maximum absolute atomic E-state index is 7.30. The lowest BCUT2D eigenvalue weighted by Crippen LogP contribution is -2.67. The van der Waals surface area contributed by atoms with Crippen LogP contribution in [0, 0.1) is 0 Å². The van der Waals surface area contributed by atoms with E-state index < -0.39 is 34.2 Å². The minimum atomic E-state index is -2.54. The molecule has 0 spiro atoms. The molecule has 12 heteroatoms. The van der Waals surface area contributed by atoms with Crippen molar-refractivity contribution < 1.29 is 16.5 Å². The Hall–Kier alpha value is 0.548. The summed E-state index contributed by atoms with van der Waals surface area (Å²) in [5.74, 6) is 0. The largest absolute Gasteiger partial charge is 0.416 e. The van der Waals surface area contributed by atoms with E-state index in [9.17, 15) is 0 Å². The van der Waals surface area contributed by atoms with E-state index in [4.69, 9.17) is 16.5 Å². The lowest BCUT2D eigenvalue weighted by Gasteiger charge is -2.50. The zero-order valence-electron chi connectivity index (χ0n) is 28.4. The standard InChI is InChI=1S/C28H68N4O4Si4/c1-25(2)29-17-13-21-37(9)33-38(10,22-14-18-30-26(3)4)35-40(12,24-16-20-32-28(7)8)36-39(11,34-37)23-15-19-31-27(5)6/h25-32H,13-24H2,1-12H3. The summed E-state index contributed by atoms with van der Waals surface area (Å²) < 4.78 is 29.2. The highest BCUT2D eigenvalue weighted by Gasteiger charge is 2.56. The van der Waals surface area contributed by atoms with Gasteiger partial charge in [-0.2, -0.15) is 0 Å². The van der Waals surface area contributed by atoms with Crippen molar-refractivity contribution in [1.29, 1.82) is 0 Å². The molecule has 0 unspecified atom stereocenters. The predicted octanol–water partition coefficient (Wildman–Crippen LogP) is 5.91. The number of rotatable bonds is 20. The molecule has 0 aromatic heterocycles. The molecule has 0 aromatic rings. The third-order valence-corrected chi connectivity index (χ3v) is 26.0. The van der Waals surface area contributed by atoms with Crippen LogP contribution in [0.3, 0.4) is 0 Å². The molecule has 1 heterocycles. The highest BCUT2D eigenvalue weighted by Crippen LogP contribution is 2.38. The Kier molecular flexibility index (Phi) is 17.7. The van der Waals surface area contributed by atoms with E-state index in [2.05, 4.69) is 103 Å². The SMILES string of the molecule is CC(C)NCCC[Si]1(C)O[Si](C)(CCCNC(C)C)O[Si](C)(CCCNC(C)C)O[Si](C)(CCCNC(C)C)O1. The van der Waals surface area contributed by atoms with Gasteiger partial charge in [0.15, 0.2) is 0 Å². The van der Waals surface area contributed by atoms with E-state index in [0.29, 0.717) is 24.2 Å². The highest BCUT2D eigenvalue weighted by molar-refractivity contribution is 6.93. The molecule has 1 aliphatic heterocycles. The molecule has 0 aromatic carbocycles. The van der Waals surface area contributed by atoms with Crippen molar-refractivity contribution in [3.63, 3.8) is 0 Å². The Bertz CT molecular complexity index is 569. The topological polar surface area (TPSA) is 85.0 Å². The lowest BCUT2D eigenvalue weighted by atomic mass is 10.4. The van der Waals surface area contributed by atoms with Crippen molar-refractivity contribution in [2.75, 3.05) is 26.2 Å². The zero-order valence-corrected chi connectivity index (χ0v) is 32.4. The van der Waals surface area contributed by atoms with Gasteiger partial charge in [0.2, 0.25) is 0 Å². The first-order chi connectivity index (χ1) is 18.5. The van der Waals surface area contributed by atoms with Crippen molar-refractivity contribution in [3.05, 3.63) is 0 Å². The summed E-state index contributed by atoms with van der Waals surface area (Å²) in [4.78, 5) is 0. The molecule has 1 fully saturated rings. The molecule has 1 rings (SSSR count). The first-order valence-electron chi connectivity index (χ1n) is 16.2. The average molecular weight is 637 g/mol. The smallest absolute Gasteiger partial charge is 0.317 e. The van der Waals surface area contributed by atoms with Crippen LogP contribution in [0.5, 0.6) is 0 Å². The van der Waals surface area contributed by atoms with Gasteiger partial charge in [-0.1, -0.05) is 55.4 Å². The number of hydrogen-bond donors (Lipinski definition) is 4. The first kappa shape index (κ1) is 38.6. The van der Waals surface area contributed by atoms with Crippen LogP contribution in [0.4, 0.5) is 0 Å². The molecule has 40 heavy (non-hydrogen) atoms. The summed E-state index contributed by atoms with van der Waals surface area (Å²) in [5.41, 5.74) is 0. The molecule has 240 valence electrons. The van der Waals surface area contributed by atoms with Gasteiger partial charge < -0.3 is 37.7 Å². The van der Waals surface area contributed by atoms with Crippen molar-refractivity contribution in [1.82, 2.24) is 21.3 Å². The van der Waals surface area contributed by atoms with Crippen LogP contribution < -0.4 is 21.3 Å². The molecule has 4 N–H and O–H groups in total. The minimum absolute atomic E-state index is 0.485. The van der Waals surface area contributed by atoms with Gasteiger partial charge in [0.25, 0.3) is 0 Å². The molecule has 0 radical (unpaired) electrons. The molecule has 1 saturated heterocycles. The van der Waals surface area contributed by atoms with Crippen LogP contribution in [0.2, 0.25) is 50.4 Å². The molecular formula is C28H68N4O4Si4. The first-order valence-corrected chi connectivity index (χ1v) is 26.3. The van der Waals surface area contributed by atoms with Crippen molar-refractivity contribution in [2.24, 2.45) is 0 Å². The Morgan fingerprint density at radius 1 is 0.375 bits per heavy atom. The second-order valence-corrected chi connectivity index (χ2v) is 28.1. The van der Waals surface area contributed by atoms with Gasteiger partial charge in [-0.25, -0.2) is 0 Å². The van der Waals surface area contributed by atoms with Gasteiger partial charge in [-0.05, 0) is 102 Å². The molecule has 0 atom stereocenters. The maximum Gasteiger partial charge on any atom is 0.317 e. The fourth-order valence-electron chi connectivity index (χ4n) is 5.52. The van der Waals surface area contributed by atoms with Crippen molar-refractivity contribution in [3.8, 4) is 0 Å². The van der Waals surface area contributed by atoms with Crippen molar-refractivity contribution in [2.45, 2.75) is 156 Å². The fraction of sp³-hybridized carbons (Fsp3) is 1.00. The third-order valence-electron chi connectivity index (χ3n) is 7.17. The molecule has 0 saturated carbocycles. The maximum atomic E-state index is 7.30. The Balaban J connectivity index is 3.22. The fourth-order valence-corrected chi connectivity index (χ4v) is 28.8. The average Bonchev–Trinajstić information content (AvgIpc) is 2.79. The van der Waals surface area contributed by atoms with Crippen LogP contribution in [0.1, 0.15) is 81.1 Å². The van der Waals surface area contributed by atoms with E-state index in [1.54, 1.807) is 0 Å². The monoisotopic (exact) mass is 636 g/mol. The highest BCUT2D eigenvalue weighted by atomic mass is 28.5. The van der Waals surface area contributed by atoms with E-state index >= 15 is 0 Å². The quantitative estimate of drug-likeness (QED) is 0.0971. The Morgan fingerprint density at radius 3 is 0.700 bits per heavy atom. The molecule has 1 aliphatic rings. The lowest BCUT2D eigenvalue weighted by molar-refractivity contribution is 0.220. The second kappa shape index (κ2) is 18.4. The third kappa shape index (κ3) is 17.0. The van der Waals surface area contributed by atoms with E-state index in [1.165, 1.54) is 0 Å². The normalized spacial score (nSPS) is 30.0. The Morgan fingerprint density at radius 2 is 0.550 bits per heavy atom. The van der Waals surface area contributed by atoms with Gasteiger partial charge in [0, 0.05) is 24.2 Å². The van der Waals surface area contributed by atoms with Crippen molar-refractivity contribution >= 4 is 34.2 Å². The van der Waals surface area contributed by atoms with Crippen LogP contribution >= 0.6 is 0 Å².